The van der Waals surface area contributed by atoms with E-state index in [4.69, 9.17) is 15.2 Å². The van der Waals surface area contributed by atoms with Crippen molar-refractivity contribution in [3.05, 3.63) is 71.8 Å². The molecule has 0 unspecified atom stereocenters. The second-order valence-electron chi connectivity index (χ2n) is 13.8. The standard InChI is InChI=1S/C37H45N5O8/c1-37(2,3)41-35(47)29-10-6-15-42(29)36(48)32(44)27-18-22-11-13-25(14-12-22)49-16-7-17-50-30-20-24-9-5-4-8-23(24)19-26(30)33(45)40-28(21-31(38)43)34(46)39-27/h4-5,8-9,11-14,19-20,27-29,32,44H,6-7,10,15-18,21H2,1-3H3,(H2,38,43)(H,39,46)(H,40,45)(H,41,47)/t27-,28-,29-,32+/m0/s1. The lowest BCUT2D eigenvalue weighted by atomic mass is 9.98. The molecule has 0 spiro atoms. The minimum Gasteiger partial charge on any atom is -0.493 e. The molecule has 6 rings (SSSR count). The summed E-state index contributed by atoms with van der Waals surface area (Å²) < 4.78 is 11.9. The monoisotopic (exact) mass is 687 g/mol. The van der Waals surface area contributed by atoms with Crippen molar-refractivity contribution in [1.29, 1.82) is 0 Å². The number of carbonyl (C=O) groups excluding carboxylic acids is 5. The molecule has 3 aromatic carbocycles. The number of amides is 5. The van der Waals surface area contributed by atoms with Crippen LogP contribution in [0.15, 0.2) is 60.7 Å². The highest BCUT2D eigenvalue weighted by molar-refractivity contribution is 6.04. The highest BCUT2D eigenvalue weighted by Gasteiger charge is 2.41. The lowest BCUT2D eigenvalue weighted by Gasteiger charge is -2.32. The minimum atomic E-state index is -1.77. The van der Waals surface area contributed by atoms with E-state index in [2.05, 4.69) is 16.0 Å². The first kappa shape index (κ1) is 36.1. The molecule has 5 amide bonds. The summed E-state index contributed by atoms with van der Waals surface area (Å²) in [6.45, 7) is 6.34. The van der Waals surface area contributed by atoms with E-state index < -0.39 is 59.8 Å². The lowest BCUT2D eigenvalue weighted by Crippen LogP contribution is -2.59. The predicted molar refractivity (Wildman–Crippen MR) is 185 cm³/mol. The van der Waals surface area contributed by atoms with Gasteiger partial charge in [-0.2, -0.15) is 0 Å². The molecule has 1 fully saturated rings. The van der Waals surface area contributed by atoms with Crippen LogP contribution in [0.2, 0.25) is 0 Å². The molecule has 266 valence electrons. The van der Waals surface area contributed by atoms with Gasteiger partial charge in [0.25, 0.3) is 11.8 Å². The van der Waals surface area contributed by atoms with Gasteiger partial charge in [0.1, 0.15) is 23.6 Å². The van der Waals surface area contributed by atoms with Gasteiger partial charge in [0, 0.05) is 18.5 Å². The molecule has 0 radical (unpaired) electrons. The van der Waals surface area contributed by atoms with E-state index in [0.717, 1.165) is 10.8 Å². The summed E-state index contributed by atoms with van der Waals surface area (Å²) >= 11 is 0. The molecule has 13 nitrogen and oxygen atoms in total. The number of carbonyl (C=O) groups is 5. The van der Waals surface area contributed by atoms with Gasteiger partial charge in [-0.15, -0.1) is 0 Å². The molecule has 0 aliphatic carbocycles. The van der Waals surface area contributed by atoms with Gasteiger partial charge in [0.05, 0.1) is 31.2 Å². The Morgan fingerprint density at radius 1 is 0.980 bits per heavy atom. The Bertz CT molecular complexity index is 1740. The number of likely N-dealkylation sites (tertiary alicyclic amines) is 1. The molecule has 3 heterocycles. The van der Waals surface area contributed by atoms with E-state index in [1.54, 1.807) is 36.4 Å². The quantitative estimate of drug-likeness (QED) is 0.269. The van der Waals surface area contributed by atoms with Gasteiger partial charge in [-0.3, -0.25) is 24.0 Å². The Morgan fingerprint density at radius 2 is 1.66 bits per heavy atom. The lowest BCUT2D eigenvalue weighted by molar-refractivity contribution is -0.147. The van der Waals surface area contributed by atoms with Crippen LogP contribution in [0.25, 0.3) is 10.8 Å². The zero-order valence-corrected chi connectivity index (χ0v) is 28.6. The third-order valence-electron chi connectivity index (χ3n) is 8.61. The molecule has 2 bridgehead atoms. The van der Waals surface area contributed by atoms with Gasteiger partial charge in [-0.1, -0.05) is 36.4 Å². The smallest absolute Gasteiger partial charge is 0.255 e. The first-order valence-electron chi connectivity index (χ1n) is 16.9. The molecule has 50 heavy (non-hydrogen) atoms. The van der Waals surface area contributed by atoms with E-state index in [-0.39, 0.29) is 36.8 Å². The Hall–Kier alpha value is -5.17. The maximum atomic E-state index is 13.9. The van der Waals surface area contributed by atoms with Crippen LogP contribution in [0, 0.1) is 0 Å². The topological polar surface area (TPSA) is 189 Å². The highest BCUT2D eigenvalue weighted by atomic mass is 16.5. The van der Waals surface area contributed by atoms with Gasteiger partial charge < -0.3 is 41.2 Å². The van der Waals surface area contributed by atoms with Crippen LogP contribution >= 0.6 is 0 Å². The van der Waals surface area contributed by atoms with Crippen molar-refractivity contribution < 1.29 is 38.6 Å². The van der Waals surface area contributed by atoms with Crippen LogP contribution in [0.4, 0.5) is 0 Å². The number of nitrogens with one attached hydrogen (secondary N) is 3. The third kappa shape index (κ3) is 9.08. The van der Waals surface area contributed by atoms with Gasteiger partial charge >= 0.3 is 0 Å². The number of fused-ring (bicyclic) bond motifs is 13. The second-order valence-corrected chi connectivity index (χ2v) is 13.8. The van der Waals surface area contributed by atoms with E-state index in [0.29, 0.717) is 37.2 Å². The SMILES string of the molecule is CC(C)(C)NC(=O)[C@@H]1CCCN1C(=O)[C@H](O)[C@@H]1Cc2ccc(cc2)OCCCOc2cc3ccccc3cc2C(=O)N[C@@H](CC(N)=O)C(=O)N1. The first-order valence-corrected chi connectivity index (χ1v) is 16.9. The Morgan fingerprint density at radius 3 is 2.34 bits per heavy atom. The Balaban J connectivity index is 1.47. The average Bonchev–Trinajstić information content (AvgIpc) is 3.56. The average molecular weight is 688 g/mol. The van der Waals surface area contributed by atoms with E-state index in [1.165, 1.54) is 4.90 Å². The van der Waals surface area contributed by atoms with Crippen molar-refractivity contribution in [2.24, 2.45) is 5.73 Å². The van der Waals surface area contributed by atoms with Crippen LogP contribution in [-0.4, -0.2) is 89.1 Å². The molecule has 6 N–H and O–H groups in total. The normalized spacial score (nSPS) is 21.0. The summed E-state index contributed by atoms with van der Waals surface area (Å²) in [6, 6.07) is 14.3. The number of nitrogens with zero attached hydrogens (tertiary/aromatic N) is 1. The van der Waals surface area contributed by atoms with Gasteiger partial charge in [0.15, 0.2) is 6.10 Å². The highest BCUT2D eigenvalue weighted by Crippen LogP contribution is 2.27. The second kappa shape index (κ2) is 15.6. The summed E-state index contributed by atoms with van der Waals surface area (Å²) in [5.74, 6) is -2.56. The molecule has 13 heteroatoms. The predicted octanol–water partition coefficient (Wildman–Crippen LogP) is 1.97. The fraction of sp³-hybridized carbons (Fsp3) is 0.432. The third-order valence-corrected chi connectivity index (χ3v) is 8.61. The number of primary amides is 1. The van der Waals surface area contributed by atoms with Crippen LogP contribution in [-0.2, 0) is 25.6 Å². The van der Waals surface area contributed by atoms with Crippen LogP contribution in [0.3, 0.4) is 0 Å². The molecule has 3 aliphatic heterocycles. The number of benzene rings is 3. The molecular weight excluding hydrogens is 642 g/mol. The largest absolute Gasteiger partial charge is 0.493 e. The zero-order chi connectivity index (χ0) is 36.0. The van der Waals surface area contributed by atoms with Crippen molar-refractivity contribution in [2.45, 2.75) is 82.6 Å². The van der Waals surface area contributed by atoms with Crippen LogP contribution < -0.4 is 31.2 Å². The fourth-order valence-corrected chi connectivity index (χ4v) is 6.19. The number of rotatable bonds is 5. The zero-order valence-electron chi connectivity index (χ0n) is 28.6. The van der Waals surface area contributed by atoms with Gasteiger partial charge in [0.2, 0.25) is 17.7 Å². The molecule has 1 saturated heterocycles. The van der Waals surface area contributed by atoms with Crippen molar-refractivity contribution in [2.75, 3.05) is 19.8 Å². The minimum absolute atomic E-state index is 0.00548. The van der Waals surface area contributed by atoms with E-state index >= 15 is 0 Å². The summed E-state index contributed by atoms with van der Waals surface area (Å²) in [6.07, 6.45) is -0.826. The van der Waals surface area contributed by atoms with Gasteiger partial charge in [-0.05, 0) is 80.6 Å². The number of nitrogens with two attached hydrogens (primary N) is 1. The Kier molecular flexibility index (Phi) is 11.3. The Labute approximate surface area is 290 Å². The van der Waals surface area contributed by atoms with E-state index in [1.807, 2.05) is 45.0 Å². The van der Waals surface area contributed by atoms with Gasteiger partial charge in [-0.25, -0.2) is 0 Å². The molecular formula is C37H45N5O8. The van der Waals surface area contributed by atoms with E-state index in [9.17, 15) is 29.1 Å². The van der Waals surface area contributed by atoms with Crippen molar-refractivity contribution in [3.8, 4) is 11.5 Å². The molecule has 0 aromatic heterocycles. The number of aliphatic hydroxyl groups excluding tert-OH is 1. The summed E-state index contributed by atoms with van der Waals surface area (Å²) in [4.78, 5) is 68.1. The molecule has 0 saturated carbocycles. The van der Waals surface area contributed by atoms with Crippen molar-refractivity contribution in [3.63, 3.8) is 0 Å². The summed E-state index contributed by atoms with van der Waals surface area (Å²) in [5.41, 5.74) is 5.79. The number of hydrogen-bond acceptors (Lipinski definition) is 8. The maximum absolute atomic E-state index is 13.9. The number of aliphatic hydroxyl groups is 1. The molecule has 3 aliphatic rings. The maximum Gasteiger partial charge on any atom is 0.255 e. The molecule has 3 aromatic rings. The van der Waals surface area contributed by atoms with Crippen LogP contribution in [0.5, 0.6) is 11.5 Å². The number of ether oxygens (including phenoxy) is 2. The molecule has 4 atom stereocenters. The van der Waals surface area contributed by atoms with Crippen molar-refractivity contribution in [1.82, 2.24) is 20.9 Å². The fourth-order valence-electron chi connectivity index (χ4n) is 6.19. The first-order chi connectivity index (χ1) is 23.8. The number of hydrogen-bond donors (Lipinski definition) is 5. The summed E-state index contributed by atoms with van der Waals surface area (Å²) in [7, 11) is 0. The summed E-state index contributed by atoms with van der Waals surface area (Å²) in [5, 5.41) is 21.4. The van der Waals surface area contributed by atoms with Crippen LogP contribution in [0.1, 0.15) is 62.4 Å². The van der Waals surface area contributed by atoms with Crippen molar-refractivity contribution >= 4 is 40.3 Å².